The first kappa shape index (κ1) is 20.7. The minimum absolute atomic E-state index is 0.154. The molecule has 158 valence electrons. The molecule has 0 fully saturated rings. The molecule has 6 nitrogen and oxygen atoms in total. The highest BCUT2D eigenvalue weighted by Gasteiger charge is 2.08. The van der Waals surface area contributed by atoms with E-state index in [0.717, 1.165) is 22.0 Å². The number of hydrogen-bond acceptors (Lipinski definition) is 6. The number of aromatic nitrogens is 2. The van der Waals surface area contributed by atoms with Crippen molar-refractivity contribution in [2.75, 3.05) is 12.0 Å². The van der Waals surface area contributed by atoms with Crippen molar-refractivity contribution in [3.8, 4) is 0 Å². The van der Waals surface area contributed by atoms with Crippen molar-refractivity contribution in [2.24, 2.45) is 5.10 Å². The molecule has 4 rings (SSSR count). The summed E-state index contributed by atoms with van der Waals surface area (Å²) in [4.78, 5) is 15.8. The topological polar surface area (TPSA) is 68.5 Å². The van der Waals surface area contributed by atoms with E-state index < -0.39 is 0 Å². The van der Waals surface area contributed by atoms with Gasteiger partial charge in [-0.3, -0.25) is 10.2 Å². The number of nitrogens with one attached hydrogen (secondary N) is 1. The summed E-state index contributed by atoms with van der Waals surface area (Å²) >= 11 is 1.38. The first-order valence-corrected chi connectivity index (χ1v) is 10.7. The number of ether oxygens (including phenoxy) is 1. The van der Waals surface area contributed by atoms with Crippen LogP contribution in [0.15, 0.2) is 65.2 Å². The Morgan fingerprint density at radius 1 is 1.26 bits per heavy atom. The molecule has 0 radical (unpaired) electrons. The van der Waals surface area contributed by atoms with Crippen molar-refractivity contribution >= 4 is 39.6 Å². The Labute approximate surface area is 183 Å². The first-order chi connectivity index (χ1) is 15.1. The smallest absolute Gasteiger partial charge is 0.311 e. The Bertz CT molecular complexity index is 1210. The lowest BCUT2D eigenvalue weighted by molar-refractivity contribution is -0.142. The molecule has 2 aromatic carbocycles. The average Bonchev–Trinajstić information content (AvgIpc) is 3.36. The van der Waals surface area contributed by atoms with E-state index in [1.807, 2.05) is 29.8 Å². The van der Waals surface area contributed by atoms with Crippen LogP contribution in [0, 0.1) is 5.82 Å². The highest BCUT2D eigenvalue weighted by molar-refractivity contribution is 7.13. The third-order valence-corrected chi connectivity index (χ3v) is 5.41. The van der Waals surface area contributed by atoms with Gasteiger partial charge in [-0.05, 0) is 48.4 Å². The third-order valence-electron chi connectivity index (χ3n) is 4.62. The van der Waals surface area contributed by atoms with Crippen LogP contribution in [-0.2, 0) is 22.5 Å². The highest BCUT2D eigenvalue weighted by atomic mass is 32.1. The Morgan fingerprint density at radius 2 is 2.10 bits per heavy atom. The molecule has 0 saturated heterocycles. The molecule has 0 saturated carbocycles. The quantitative estimate of drug-likeness (QED) is 0.244. The Balaban J connectivity index is 1.39. The van der Waals surface area contributed by atoms with Gasteiger partial charge in [-0.2, -0.15) is 5.10 Å². The van der Waals surface area contributed by atoms with Gasteiger partial charge in [0, 0.05) is 29.0 Å². The van der Waals surface area contributed by atoms with E-state index in [0.29, 0.717) is 24.0 Å². The highest BCUT2D eigenvalue weighted by Crippen LogP contribution is 2.19. The third kappa shape index (κ3) is 5.35. The second kappa shape index (κ2) is 9.53. The molecule has 4 aromatic rings. The summed E-state index contributed by atoms with van der Waals surface area (Å²) in [5.74, 6) is -0.519. The average molecular weight is 437 g/mol. The fourth-order valence-electron chi connectivity index (χ4n) is 3.18. The van der Waals surface area contributed by atoms with Gasteiger partial charge in [0.25, 0.3) is 0 Å². The Kier molecular flexibility index (Phi) is 6.37. The summed E-state index contributed by atoms with van der Waals surface area (Å²) in [6.07, 6.45) is 3.90. The molecule has 0 aliphatic heterocycles. The zero-order chi connectivity index (χ0) is 21.6. The number of carbonyl (C=O) groups excluding carboxylic acids is 1. The molecule has 0 bridgehead atoms. The van der Waals surface area contributed by atoms with E-state index in [1.165, 1.54) is 23.5 Å². The number of benzene rings is 2. The molecule has 0 amide bonds. The Morgan fingerprint density at radius 3 is 2.90 bits per heavy atom. The standard InChI is InChI=1S/C23H21FN4O2S/c1-2-30-22(29)12-20-15-31-23(26-20)27-25-13-17-5-8-21-18(11-17)9-10-28(21)14-16-3-6-19(24)7-4-16/h3-11,13,15H,2,12,14H2,1H3,(H,26,27). The first-order valence-electron chi connectivity index (χ1n) is 9.83. The van der Waals surface area contributed by atoms with Gasteiger partial charge in [-0.1, -0.05) is 18.2 Å². The molecule has 0 aliphatic carbocycles. The number of rotatable bonds is 8. The van der Waals surface area contributed by atoms with Gasteiger partial charge in [-0.15, -0.1) is 11.3 Å². The molecule has 8 heteroatoms. The fraction of sp³-hybridized carbons (Fsp3) is 0.174. The largest absolute Gasteiger partial charge is 0.466 e. The lowest BCUT2D eigenvalue weighted by Crippen LogP contribution is -2.07. The molecule has 31 heavy (non-hydrogen) atoms. The number of esters is 1. The minimum Gasteiger partial charge on any atom is -0.466 e. The van der Waals surface area contributed by atoms with Crippen LogP contribution in [-0.4, -0.2) is 28.3 Å². The van der Waals surface area contributed by atoms with Gasteiger partial charge < -0.3 is 9.30 Å². The molecule has 2 aromatic heterocycles. The van der Waals surface area contributed by atoms with Gasteiger partial charge >= 0.3 is 5.97 Å². The van der Waals surface area contributed by atoms with Crippen molar-refractivity contribution in [2.45, 2.75) is 19.9 Å². The summed E-state index contributed by atoms with van der Waals surface area (Å²) in [6.45, 7) is 2.81. The Hall–Kier alpha value is -3.52. The summed E-state index contributed by atoms with van der Waals surface area (Å²) < 4.78 is 20.2. The zero-order valence-electron chi connectivity index (χ0n) is 16.9. The second-order valence-corrected chi connectivity index (χ2v) is 7.74. The maximum atomic E-state index is 13.1. The van der Waals surface area contributed by atoms with Crippen molar-refractivity contribution < 1.29 is 13.9 Å². The van der Waals surface area contributed by atoms with E-state index >= 15 is 0 Å². The predicted octanol–water partition coefficient (Wildman–Crippen LogP) is 4.84. The van der Waals surface area contributed by atoms with Crippen LogP contribution in [0.5, 0.6) is 0 Å². The van der Waals surface area contributed by atoms with Crippen LogP contribution in [0.4, 0.5) is 9.52 Å². The number of nitrogens with zero attached hydrogens (tertiary/aromatic N) is 3. The van der Waals surface area contributed by atoms with Crippen molar-refractivity contribution in [1.29, 1.82) is 0 Å². The number of halogens is 1. The van der Waals surface area contributed by atoms with E-state index in [2.05, 4.69) is 26.1 Å². The SMILES string of the molecule is CCOC(=O)Cc1csc(NN=Cc2ccc3c(ccn3Cc3ccc(F)cc3)c2)n1. The van der Waals surface area contributed by atoms with Crippen LogP contribution in [0.2, 0.25) is 0 Å². The molecular weight excluding hydrogens is 415 g/mol. The van der Waals surface area contributed by atoms with Crippen molar-refractivity contribution in [3.63, 3.8) is 0 Å². The van der Waals surface area contributed by atoms with Crippen LogP contribution in [0.25, 0.3) is 10.9 Å². The normalized spacial score (nSPS) is 11.3. The summed E-state index contributed by atoms with van der Waals surface area (Å²) in [6, 6.07) is 14.7. The predicted molar refractivity (Wildman–Crippen MR) is 121 cm³/mol. The second-order valence-electron chi connectivity index (χ2n) is 6.88. The van der Waals surface area contributed by atoms with Gasteiger partial charge in [-0.25, -0.2) is 9.37 Å². The molecule has 1 N–H and O–H groups in total. The lowest BCUT2D eigenvalue weighted by Gasteiger charge is -2.06. The molecular formula is C23H21FN4O2S. The summed E-state index contributed by atoms with van der Waals surface area (Å²) in [5.41, 5.74) is 6.64. The monoisotopic (exact) mass is 436 g/mol. The van der Waals surface area contributed by atoms with E-state index in [1.54, 1.807) is 25.3 Å². The van der Waals surface area contributed by atoms with Gasteiger partial charge in [0.15, 0.2) is 0 Å². The van der Waals surface area contributed by atoms with Gasteiger partial charge in [0.05, 0.1) is 24.9 Å². The summed E-state index contributed by atoms with van der Waals surface area (Å²) in [7, 11) is 0. The maximum Gasteiger partial charge on any atom is 0.311 e. The molecule has 0 aliphatic rings. The summed E-state index contributed by atoms with van der Waals surface area (Å²) in [5, 5.41) is 7.76. The fourth-order valence-corrected chi connectivity index (χ4v) is 3.84. The molecule has 2 heterocycles. The minimum atomic E-state index is -0.289. The van der Waals surface area contributed by atoms with Crippen LogP contribution in [0.1, 0.15) is 23.7 Å². The van der Waals surface area contributed by atoms with Crippen molar-refractivity contribution in [1.82, 2.24) is 9.55 Å². The van der Waals surface area contributed by atoms with Gasteiger partial charge in [0.1, 0.15) is 5.82 Å². The van der Waals surface area contributed by atoms with Crippen LogP contribution < -0.4 is 5.43 Å². The van der Waals surface area contributed by atoms with Crippen LogP contribution in [0.3, 0.4) is 0 Å². The van der Waals surface area contributed by atoms with E-state index in [4.69, 9.17) is 4.74 Å². The number of carbonyl (C=O) groups is 1. The van der Waals surface area contributed by atoms with Crippen molar-refractivity contribution in [3.05, 3.63) is 82.7 Å². The van der Waals surface area contributed by atoms with Crippen LogP contribution >= 0.6 is 11.3 Å². The van der Waals surface area contributed by atoms with E-state index in [-0.39, 0.29) is 18.2 Å². The zero-order valence-corrected chi connectivity index (χ0v) is 17.7. The lowest BCUT2D eigenvalue weighted by atomic mass is 10.1. The number of fused-ring (bicyclic) bond motifs is 1. The number of hydrogen-bond donors (Lipinski definition) is 1. The van der Waals surface area contributed by atoms with Gasteiger partial charge in [0.2, 0.25) is 5.13 Å². The molecule has 0 unspecified atom stereocenters. The number of thiazole rings is 1. The number of anilines is 1. The molecule has 0 spiro atoms. The maximum absolute atomic E-state index is 13.1. The van der Waals surface area contributed by atoms with E-state index in [9.17, 15) is 9.18 Å². The number of hydrazone groups is 1. The molecule has 0 atom stereocenters.